The molecule has 19 heavy (non-hydrogen) atoms. The molecule has 1 saturated carbocycles. The first-order chi connectivity index (χ1) is 9.06. The van der Waals surface area contributed by atoms with Crippen LogP contribution in [0.3, 0.4) is 0 Å². The summed E-state index contributed by atoms with van der Waals surface area (Å²) < 4.78 is 5.17. The second-order valence-electron chi connectivity index (χ2n) is 5.45. The minimum atomic E-state index is -0.418. The van der Waals surface area contributed by atoms with E-state index in [-0.39, 0.29) is 11.9 Å². The maximum absolute atomic E-state index is 12.3. The molecule has 0 aromatic heterocycles. The maximum Gasteiger partial charge on any atom is 0.227 e. The summed E-state index contributed by atoms with van der Waals surface area (Å²) in [6.07, 6.45) is 2.84. The van der Waals surface area contributed by atoms with Crippen molar-refractivity contribution in [2.75, 3.05) is 7.11 Å². The topological polar surface area (TPSA) is 64.3 Å². The first-order valence-electron chi connectivity index (χ1n) is 6.73. The Bertz CT molecular complexity index is 461. The summed E-state index contributed by atoms with van der Waals surface area (Å²) in [7, 11) is 1.64. The average molecular weight is 262 g/mol. The van der Waals surface area contributed by atoms with Gasteiger partial charge in [-0.3, -0.25) is 4.79 Å². The van der Waals surface area contributed by atoms with Crippen LogP contribution < -0.4 is 15.8 Å². The molecule has 3 N–H and O–H groups in total. The summed E-state index contributed by atoms with van der Waals surface area (Å²) in [6.45, 7) is 2.48. The lowest BCUT2D eigenvalue weighted by Gasteiger charge is -2.27. The predicted molar refractivity (Wildman–Crippen MR) is 74.8 cm³/mol. The Hall–Kier alpha value is -1.55. The van der Waals surface area contributed by atoms with Gasteiger partial charge in [0.25, 0.3) is 0 Å². The van der Waals surface area contributed by atoms with E-state index in [1.165, 1.54) is 0 Å². The molecule has 2 atom stereocenters. The number of nitrogens with one attached hydrogen (secondary N) is 1. The van der Waals surface area contributed by atoms with Crippen molar-refractivity contribution in [2.45, 2.75) is 38.8 Å². The van der Waals surface area contributed by atoms with E-state index in [0.29, 0.717) is 6.54 Å². The first kappa shape index (κ1) is 13.9. The molecule has 0 saturated heterocycles. The molecule has 0 radical (unpaired) electrons. The highest BCUT2D eigenvalue weighted by Crippen LogP contribution is 2.36. The highest BCUT2D eigenvalue weighted by Gasteiger charge is 2.42. The van der Waals surface area contributed by atoms with Crippen molar-refractivity contribution in [2.24, 2.45) is 11.1 Å². The monoisotopic (exact) mass is 262 g/mol. The van der Waals surface area contributed by atoms with Gasteiger partial charge in [0.05, 0.1) is 12.5 Å². The van der Waals surface area contributed by atoms with Crippen molar-refractivity contribution in [1.82, 2.24) is 5.32 Å². The summed E-state index contributed by atoms with van der Waals surface area (Å²) in [4.78, 5) is 12.3. The van der Waals surface area contributed by atoms with Crippen LogP contribution in [-0.2, 0) is 11.3 Å². The number of ether oxygens (including phenoxy) is 1. The van der Waals surface area contributed by atoms with Gasteiger partial charge in [0.15, 0.2) is 0 Å². The van der Waals surface area contributed by atoms with E-state index in [1.54, 1.807) is 7.11 Å². The summed E-state index contributed by atoms with van der Waals surface area (Å²) in [5.74, 6) is 0.857. The smallest absolute Gasteiger partial charge is 0.227 e. The van der Waals surface area contributed by atoms with Crippen LogP contribution in [0.4, 0.5) is 0 Å². The van der Waals surface area contributed by atoms with Crippen LogP contribution in [0, 0.1) is 5.41 Å². The minimum absolute atomic E-state index is 0.0298. The Labute approximate surface area is 114 Å². The molecule has 1 aliphatic carbocycles. The van der Waals surface area contributed by atoms with Crippen LogP contribution in [0.5, 0.6) is 5.75 Å². The molecule has 2 rings (SSSR count). The number of methoxy groups -OCH3 is 1. The van der Waals surface area contributed by atoms with Crippen molar-refractivity contribution in [3.05, 3.63) is 29.8 Å². The molecule has 1 fully saturated rings. The molecule has 0 bridgehead atoms. The quantitative estimate of drug-likeness (QED) is 0.870. The molecule has 0 heterocycles. The van der Waals surface area contributed by atoms with Crippen LogP contribution in [-0.4, -0.2) is 19.1 Å². The van der Waals surface area contributed by atoms with Gasteiger partial charge < -0.3 is 15.8 Å². The zero-order chi connectivity index (χ0) is 13.9. The van der Waals surface area contributed by atoms with Gasteiger partial charge in [0.2, 0.25) is 5.91 Å². The fourth-order valence-corrected chi connectivity index (χ4v) is 2.64. The lowest BCUT2D eigenvalue weighted by Crippen LogP contribution is -2.47. The summed E-state index contributed by atoms with van der Waals surface area (Å²) >= 11 is 0. The normalized spacial score (nSPS) is 26.2. The third-order valence-corrected chi connectivity index (χ3v) is 4.14. The van der Waals surface area contributed by atoms with Crippen molar-refractivity contribution >= 4 is 5.91 Å². The van der Waals surface area contributed by atoms with E-state index >= 15 is 0 Å². The van der Waals surface area contributed by atoms with Crippen LogP contribution in [0.1, 0.15) is 31.7 Å². The van der Waals surface area contributed by atoms with Crippen LogP contribution in [0.2, 0.25) is 0 Å². The summed E-state index contributed by atoms with van der Waals surface area (Å²) in [5, 5.41) is 2.99. The molecule has 1 aliphatic rings. The second kappa shape index (κ2) is 5.61. The maximum atomic E-state index is 12.3. The lowest BCUT2D eigenvalue weighted by atomic mass is 9.84. The summed E-state index contributed by atoms with van der Waals surface area (Å²) in [6, 6.07) is 7.68. The van der Waals surface area contributed by atoms with E-state index in [9.17, 15) is 4.79 Å². The third kappa shape index (κ3) is 2.89. The van der Waals surface area contributed by atoms with Gasteiger partial charge in [0.1, 0.15) is 5.75 Å². The number of carbonyl (C=O) groups excluding carboxylic acids is 1. The molecule has 1 aromatic rings. The fraction of sp³-hybridized carbons (Fsp3) is 0.533. The Morgan fingerprint density at radius 1 is 1.58 bits per heavy atom. The Kier molecular flexibility index (Phi) is 4.10. The number of hydrogen-bond acceptors (Lipinski definition) is 3. The Balaban J connectivity index is 1.96. The molecule has 1 amide bonds. The van der Waals surface area contributed by atoms with Gasteiger partial charge in [-0.1, -0.05) is 18.6 Å². The molecule has 4 heteroatoms. The molecule has 2 unspecified atom stereocenters. The highest BCUT2D eigenvalue weighted by molar-refractivity contribution is 5.83. The van der Waals surface area contributed by atoms with E-state index in [1.807, 2.05) is 31.2 Å². The highest BCUT2D eigenvalue weighted by atomic mass is 16.5. The lowest BCUT2D eigenvalue weighted by molar-refractivity contribution is -0.130. The van der Waals surface area contributed by atoms with Gasteiger partial charge in [-0.2, -0.15) is 0 Å². The molecule has 104 valence electrons. The van der Waals surface area contributed by atoms with Gasteiger partial charge in [-0.25, -0.2) is 0 Å². The van der Waals surface area contributed by atoms with E-state index < -0.39 is 5.41 Å². The first-order valence-corrected chi connectivity index (χ1v) is 6.73. The van der Waals surface area contributed by atoms with Crippen LogP contribution in [0.15, 0.2) is 24.3 Å². The predicted octanol–water partition coefficient (Wildman–Crippen LogP) is 1.83. The van der Waals surface area contributed by atoms with Crippen LogP contribution in [0.25, 0.3) is 0 Å². The van der Waals surface area contributed by atoms with E-state index in [4.69, 9.17) is 10.5 Å². The zero-order valence-corrected chi connectivity index (χ0v) is 11.6. The third-order valence-electron chi connectivity index (χ3n) is 4.14. The molecule has 0 aliphatic heterocycles. The average Bonchev–Trinajstić information content (AvgIpc) is 2.77. The van der Waals surface area contributed by atoms with Gasteiger partial charge in [-0.05, 0) is 37.5 Å². The largest absolute Gasteiger partial charge is 0.497 e. The number of carbonyl (C=O) groups is 1. The SMILES string of the molecule is COc1cccc(CNC(=O)C2(C)CCCC2N)c1. The van der Waals surface area contributed by atoms with Crippen molar-refractivity contribution in [3.63, 3.8) is 0 Å². The van der Waals surface area contributed by atoms with Gasteiger partial charge in [0, 0.05) is 12.6 Å². The van der Waals surface area contributed by atoms with E-state index in [2.05, 4.69) is 5.32 Å². The number of rotatable bonds is 4. The molecule has 4 nitrogen and oxygen atoms in total. The number of nitrogens with two attached hydrogens (primary N) is 1. The van der Waals surface area contributed by atoms with E-state index in [0.717, 1.165) is 30.6 Å². The number of amides is 1. The fourth-order valence-electron chi connectivity index (χ4n) is 2.64. The van der Waals surface area contributed by atoms with Gasteiger partial charge >= 0.3 is 0 Å². The Morgan fingerprint density at radius 2 is 2.37 bits per heavy atom. The van der Waals surface area contributed by atoms with Crippen molar-refractivity contribution < 1.29 is 9.53 Å². The zero-order valence-electron chi connectivity index (χ0n) is 11.6. The molecular weight excluding hydrogens is 240 g/mol. The molecule has 0 spiro atoms. The standard InChI is InChI=1S/C15H22N2O2/c1-15(8-4-7-13(15)16)14(18)17-10-11-5-3-6-12(9-11)19-2/h3,5-6,9,13H,4,7-8,10,16H2,1-2H3,(H,17,18). The molecular formula is C15H22N2O2. The minimum Gasteiger partial charge on any atom is -0.497 e. The van der Waals surface area contributed by atoms with Crippen LogP contribution >= 0.6 is 0 Å². The van der Waals surface area contributed by atoms with Crippen molar-refractivity contribution in [3.8, 4) is 5.75 Å². The summed E-state index contributed by atoms with van der Waals surface area (Å²) in [5.41, 5.74) is 6.66. The molecule has 1 aromatic carbocycles. The number of hydrogen-bond donors (Lipinski definition) is 2. The van der Waals surface area contributed by atoms with Crippen molar-refractivity contribution in [1.29, 1.82) is 0 Å². The second-order valence-corrected chi connectivity index (χ2v) is 5.45. The Morgan fingerprint density at radius 3 is 3.00 bits per heavy atom. The van der Waals surface area contributed by atoms with Gasteiger partial charge in [-0.15, -0.1) is 0 Å². The number of benzene rings is 1.